The zero-order chi connectivity index (χ0) is 23.0. The average Bonchev–Trinajstić information content (AvgIpc) is 3.31. The van der Waals surface area contributed by atoms with Crippen LogP contribution in [0.3, 0.4) is 0 Å². The zero-order valence-electron chi connectivity index (χ0n) is 17.3. The lowest BCUT2D eigenvalue weighted by Gasteiger charge is -2.22. The molecule has 10 heteroatoms. The van der Waals surface area contributed by atoms with Crippen LogP contribution >= 0.6 is 11.6 Å². The molecule has 2 aromatic carbocycles. The van der Waals surface area contributed by atoms with E-state index < -0.39 is 15.6 Å². The molecular weight excluding hydrogens is 468 g/mol. The van der Waals surface area contributed by atoms with E-state index in [1.807, 2.05) is 0 Å². The molecule has 0 spiro atoms. The third-order valence-electron chi connectivity index (χ3n) is 5.29. The summed E-state index contributed by atoms with van der Waals surface area (Å²) < 4.78 is 44.6. The fourth-order valence-corrected chi connectivity index (χ4v) is 5.16. The Balaban J connectivity index is 1.55. The van der Waals surface area contributed by atoms with Crippen molar-refractivity contribution in [3.8, 4) is 11.5 Å². The minimum absolute atomic E-state index is 0.0451. The minimum atomic E-state index is -3.96. The topological polar surface area (TPSA) is 102 Å². The van der Waals surface area contributed by atoms with Gasteiger partial charge in [-0.25, -0.2) is 8.42 Å². The zero-order valence-corrected chi connectivity index (χ0v) is 18.9. The maximum absolute atomic E-state index is 13.4. The number of aromatic nitrogens is 1. The first-order valence-corrected chi connectivity index (χ1v) is 12.0. The van der Waals surface area contributed by atoms with E-state index in [2.05, 4.69) is 4.98 Å². The van der Waals surface area contributed by atoms with Crippen molar-refractivity contribution in [1.82, 2.24) is 9.29 Å². The Morgan fingerprint density at radius 2 is 1.70 bits per heavy atom. The van der Waals surface area contributed by atoms with Gasteiger partial charge in [-0.15, -0.1) is 0 Å². The van der Waals surface area contributed by atoms with Crippen LogP contribution in [0.2, 0.25) is 5.02 Å². The number of fused-ring (bicyclic) bond motifs is 2. The van der Waals surface area contributed by atoms with Crippen molar-refractivity contribution in [2.24, 2.45) is 0 Å². The molecule has 2 aromatic heterocycles. The number of rotatable bonds is 6. The Hall–Kier alpha value is -3.27. The molecule has 170 valence electrons. The number of nitrogens with zero attached hydrogens (tertiary/aromatic N) is 1. The molecule has 4 aromatic rings. The number of aromatic amines is 1. The van der Waals surface area contributed by atoms with Crippen molar-refractivity contribution in [3.05, 3.63) is 87.6 Å². The van der Waals surface area contributed by atoms with E-state index in [0.29, 0.717) is 46.4 Å². The van der Waals surface area contributed by atoms with E-state index in [-0.39, 0.29) is 23.5 Å². The van der Waals surface area contributed by atoms with Crippen molar-refractivity contribution in [3.63, 3.8) is 0 Å². The lowest BCUT2D eigenvalue weighted by Crippen LogP contribution is -2.32. The largest absolute Gasteiger partial charge is 0.486 e. The highest BCUT2D eigenvalue weighted by atomic mass is 35.5. The summed E-state index contributed by atoms with van der Waals surface area (Å²) in [6.07, 6.45) is 1.47. The van der Waals surface area contributed by atoms with Crippen LogP contribution in [0.4, 0.5) is 0 Å². The molecule has 8 nitrogen and oxygen atoms in total. The van der Waals surface area contributed by atoms with Crippen LogP contribution in [0.1, 0.15) is 11.3 Å². The molecule has 1 aliphatic rings. The molecular formula is C23H19ClN2O6S. The molecule has 5 rings (SSSR count). The standard InChI is InChI=1S/C23H19ClN2O6S/c24-17-3-5-19(6-4-17)33(28,29)26(14-18-2-1-7-30-18)13-16-10-15-11-21-22(32-9-8-31-21)12-20(15)25-23(16)27/h1-7,10-12H,8-9,13-14H2,(H,25,27). The summed E-state index contributed by atoms with van der Waals surface area (Å²) in [5, 5.41) is 1.13. The van der Waals surface area contributed by atoms with E-state index in [4.69, 9.17) is 25.5 Å². The molecule has 0 amide bonds. The van der Waals surface area contributed by atoms with Gasteiger partial charge < -0.3 is 18.9 Å². The van der Waals surface area contributed by atoms with Crippen molar-refractivity contribution in [1.29, 1.82) is 0 Å². The fourth-order valence-electron chi connectivity index (χ4n) is 3.65. The highest BCUT2D eigenvalue weighted by Gasteiger charge is 2.27. The molecule has 0 bridgehead atoms. The van der Waals surface area contributed by atoms with Crippen LogP contribution in [0, 0.1) is 0 Å². The van der Waals surface area contributed by atoms with Gasteiger partial charge in [0.2, 0.25) is 10.0 Å². The molecule has 0 atom stereocenters. The highest BCUT2D eigenvalue weighted by molar-refractivity contribution is 7.89. The number of H-pyrrole nitrogens is 1. The molecule has 0 saturated carbocycles. The number of hydrogen-bond acceptors (Lipinski definition) is 6. The van der Waals surface area contributed by atoms with E-state index in [0.717, 1.165) is 0 Å². The second-order valence-corrected chi connectivity index (χ2v) is 9.89. The Labute approximate surface area is 194 Å². The first-order chi connectivity index (χ1) is 15.9. The third kappa shape index (κ3) is 4.35. The number of halogens is 1. The first kappa shape index (κ1) is 21.6. The summed E-state index contributed by atoms with van der Waals surface area (Å²) in [5.74, 6) is 1.58. The molecule has 0 radical (unpaired) electrons. The van der Waals surface area contributed by atoms with Gasteiger partial charge in [-0.05, 0) is 48.5 Å². The SMILES string of the molecule is O=c1[nH]c2cc3c(cc2cc1CN(Cc1ccco1)S(=O)(=O)c1ccc(Cl)cc1)OCCO3. The van der Waals surface area contributed by atoms with Gasteiger partial charge in [0.1, 0.15) is 19.0 Å². The maximum atomic E-state index is 13.4. The summed E-state index contributed by atoms with van der Waals surface area (Å²) in [5.41, 5.74) is 0.462. The number of nitrogens with one attached hydrogen (secondary N) is 1. The molecule has 1 N–H and O–H groups in total. The second-order valence-electron chi connectivity index (χ2n) is 7.51. The lowest BCUT2D eigenvalue weighted by molar-refractivity contribution is 0.172. The van der Waals surface area contributed by atoms with Crippen LogP contribution in [0.5, 0.6) is 11.5 Å². The van der Waals surface area contributed by atoms with Gasteiger partial charge in [0.05, 0.1) is 23.2 Å². The minimum Gasteiger partial charge on any atom is -0.486 e. The number of sulfonamides is 1. The Kier molecular flexibility index (Phi) is 5.61. The van der Waals surface area contributed by atoms with Gasteiger partial charge in [-0.2, -0.15) is 4.31 Å². The van der Waals surface area contributed by atoms with Gasteiger partial charge in [-0.1, -0.05) is 11.6 Å². The summed E-state index contributed by atoms with van der Waals surface area (Å²) >= 11 is 5.92. The van der Waals surface area contributed by atoms with Crippen LogP contribution in [0.25, 0.3) is 10.9 Å². The number of benzene rings is 2. The molecule has 0 aliphatic carbocycles. The Bertz CT molecular complexity index is 1460. The normalized spacial score (nSPS) is 13.5. The van der Waals surface area contributed by atoms with Gasteiger partial charge in [0.25, 0.3) is 5.56 Å². The highest BCUT2D eigenvalue weighted by Crippen LogP contribution is 2.34. The van der Waals surface area contributed by atoms with Crippen LogP contribution in [0.15, 0.2) is 75.0 Å². The van der Waals surface area contributed by atoms with E-state index >= 15 is 0 Å². The smallest absolute Gasteiger partial charge is 0.252 e. The van der Waals surface area contributed by atoms with Crippen molar-refractivity contribution in [2.75, 3.05) is 13.2 Å². The van der Waals surface area contributed by atoms with Crippen LogP contribution < -0.4 is 15.0 Å². The van der Waals surface area contributed by atoms with Crippen LogP contribution in [-0.2, 0) is 23.1 Å². The molecule has 0 saturated heterocycles. The summed E-state index contributed by atoms with van der Waals surface area (Å²) in [6, 6.07) is 14.4. The molecule has 0 fully saturated rings. The number of pyridine rings is 1. The first-order valence-electron chi connectivity index (χ1n) is 10.1. The predicted octanol–water partition coefficient (Wildman–Crippen LogP) is 3.94. The van der Waals surface area contributed by atoms with E-state index in [1.54, 1.807) is 30.3 Å². The van der Waals surface area contributed by atoms with E-state index in [1.165, 1.54) is 34.8 Å². The quantitative estimate of drug-likeness (QED) is 0.443. The molecule has 3 heterocycles. The average molecular weight is 487 g/mol. The molecule has 1 aliphatic heterocycles. The van der Waals surface area contributed by atoms with E-state index in [9.17, 15) is 13.2 Å². The Morgan fingerprint density at radius 1 is 0.970 bits per heavy atom. The van der Waals surface area contributed by atoms with Gasteiger partial charge in [-0.3, -0.25) is 4.79 Å². The second kappa shape index (κ2) is 8.58. The summed E-state index contributed by atoms with van der Waals surface area (Å²) in [4.78, 5) is 15.7. The van der Waals surface area contributed by atoms with Gasteiger partial charge >= 0.3 is 0 Å². The molecule has 33 heavy (non-hydrogen) atoms. The number of ether oxygens (including phenoxy) is 2. The number of furan rings is 1. The summed E-state index contributed by atoms with van der Waals surface area (Å²) in [6.45, 7) is 0.665. The van der Waals surface area contributed by atoms with Crippen LogP contribution in [-0.4, -0.2) is 30.9 Å². The molecule has 0 unspecified atom stereocenters. The monoisotopic (exact) mass is 486 g/mol. The van der Waals surface area contributed by atoms with Crippen molar-refractivity contribution >= 4 is 32.5 Å². The van der Waals surface area contributed by atoms with Crippen molar-refractivity contribution < 1.29 is 22.3 Å². The van der Waals surface area contributed by atoms with Crippen molar-refractivity contribution in [2.45, 2.75) is 18.0 Å². The Morgan fingerprint density at radius 3 is 2.39 bits per heavy atom. The summed E-state index contributed by atoms with van der Waals surface area (Å²) in [7, 11) is -3.96. The van der Waals surface area contributed by atoms with Gasteiger partial charge in [0, 0.05) is 28.6 Å². The maximum Gasteiger partial charge on any atom is 0.252 e. The lowest BCUT2D eigenvalue weighted by atomic mass is 10.1. The fraction of sp³-hybridized carbons (Fsp3) is 0.174. The third-order valence-corrected chi connectivity index (χ3v) is 7.35. The predicted molar refractivity (Wildman–Crippen MR) is 122 cm³/mol. The number of hydrogen-bond donors (Lipinski definition) is 1. The van der Waals surface area contributed by atoms with Gasteiger partial charge in [0.15, 0.2) is 11.5 Å².